The monoisotopic (exact) mass is 199 g/mol. The van der Waals surface area contributed by atoms with Crippen LogP contribution in [0.25, 0.3) is 0 Å². The van der Waals surface area contributed by atoms with E-state index in [1.807, 2.05) is 18.7 Å². The van der Waals surface area contributed by atoms with Crippen LogP contribution in [0.15, 0.2) is 0 Å². The van der Waals surface area contributed by atoms with Crippen molar-refractivity contribution in [3.8, 4) is 0 Å². The Hall–Kier alpha value is -0.730. The summed E-state index contributed by atoms with van der Waals surface area (Å²) in [6.07, 6.45) is 0.953. The number of likely N-dealkylation sites (tertiary alicyclic amines) is 1. The molecule has 1 amide bonds. The van der Waals surface area contributed by atoms with E-state index < -0.39 is 0 Å². The summed E-state index contributed by atoms with van der Waals surface area (Å²) in [4.78, 5) is 13.4. The normalized spacial score (nSPS) is 22.1. The highest BCUT2D eigenvalue weighted by molar-refractivity contribution is 5.68. The van der Waals surface area contributed by atoms with Crippen molar-refractivity contribution in [2.75, 3.05) is 13.1 Å². The molecule has 0 spiro atoms. The summed E-state index contributed by atoms with van der Waals surface area (Å²) in [6, 6.07) is 0. The molecule has 1 aliphatic rings. The van der Waals surface area contributed by atoms with Crippen molar-refractivity contribution in [1.82, 2.24) is 4.90 Å². The smallest absolute Gasteiger partial charge is 0.410 e. The quantitative estimate of drug-likeness (QED) is 0.684. The third-order valence-electron chi connectivity index (χ3n) is 2.76. The third-order valence-corrected chi connectivity index (χ3v) is 2.76. The summed E-state index contributed by atoms with van der Waals surface area (Å²) in [5, 5.41) is 0. The highest BCUT2D eigenvalue weighted by Crippen LogP contribution is 2.24. The van der Waals surface area contributed by atoms with Gasteiger partial charge >= 0.3 is 6.09 Å². The van der Waals surface area contributed by atoms with Crippen LogP contribution in [0.1, 0.15) is 34.1 Å². The van der Waals surface area contributed by atoms with Crippen LogP contribution in [0.5, 0.6) is 0 Å². The fourth-order valence-electron chi connectivity index (χ4n) is 1.77. The molecule has 1 fully saturated rings. The molecular formula is C11H21NO2. The van der Waals surface area contributed by atoms with Crippen molar-refractivity contribution in [3.05, 3.63) is 0 Å². The molecule has 3 heteroatoms. The molecule has 0 saturated carbocycles. The number of amides is 1. The van der Waals surface area contributed by atoms with Gasteiger partial charge in [-0.1, -0.05) is 13.8 Å². The van der Waals surface area contributed by atoms with Gasteiger partial charge in [-0.25, -0.2) is 4.79 Å². The molecule has 0 radical (unpaired) electrons. The number of nitrogens with zero attached hydrogens (tertiary/aromatic N) is 1. The fraction of sp³-hybridized carbons (Fsp3) is 0.909. The van der Waals surface area contributed by atoms with Crippen LogP contribution in [-0.4, -0.2) is 30.2 Å². The van der Waals surface area contributed by atoms with E-state index in [-0.39, 0.29) is 12.2 Å². The molecule has 0 aromatic carbocycles. The first kappa shape index (κ1) is 11.3. The first-order valence-corrected chi connectivity index (χ1v) is 5.46. The van der Waals surface area contributed by atoms with Gasteiger partial charge in [-0.2, -0.15) is 0 Å². The Balaban J connectivity index is 2.38. The van der Waals surface area contributed by atoms with Gasteiger partial charge in [-0.05, 0) is 32.1 Å². The maximum Gasteiger partial charge on any atom is 0.410 e. The minimum Gasteiger partial charge on any atom is -0.447 e. The van der Waals surface area contributed by atoms with Crippen molar-refractivity contribution < 1.29 is 9.53 Å². The van der Waals surface area contributed by atoms with E-state index >= 15 is 0 Å². The molecule has 0 N–H and O–H groups in total. The first-order valence-electron chi connectivity index (χ1n) is 5.46. The summed E-state index contributed by atoms with van der Waals surface area (Å²) in [5.74, 6) is 1.31. The fourth-order valence-corrected chi connectivity index (χ4v) is 1.77. The maximum absolute atomic E-state index is 11.5. The Kier molecular flexibility index (Phi) is 3.78. The molecule has 1 rings (SSSR count). The Morgan fingerprint density at radius 1 is 1.36 bits per heavy atom. The van der Waals surface area contributed by atoms with Crippen LogP contribution in [0, 0.1) is 11.8 Å². The highest BCUT2D eigenvalue weighted by Gasteiger charge is 2.29. The van der Waals surface area contributed by atoms with Crippen molar-refractivity contribution in [3.63, 3.8) is 0 Å². The molecule has 0 aromatic heterocycles. The summed E-state index contributed by atoms with van der Waals surface area (Å²) in [5.41, 5.74) is 0. The predicted octanol–water partition coefficient (Wildman–Crippen LogP) is 2.51. The molecule has 1 unspecified atom stereocenters. The van der Waals surface area contributed by atoms with Gasteiger partial charge in [-0.15, -0.1) is 0 Å². The Labute approximate surface area is 86.4 Å². The van der Waals surface area contributed by atoms with Gasteiger partial charge in [0.05, 0.1) is 6.10 Å². The lowest BCUT2D eigenvalue weighted by Crippen LogP contribution is -2.31. The van der Waals surface area contributed by atoms with Crippen molar-refractivity contribution in [2.45, 2.75) is 40.2 Å². The van der Waals surface area contributed by atoms with Gasteiger partial charge in [0.2, 0.25) is 0 Å². The van der Waals surface area contributed by atoms with Crippen LogP contribution < -0.4 is 0 Å². The second-order valence-corrected chi connectivity index (χ2v) is 4.67. The molecule has 0 bridgehead atoms. The van der Waals surface area contributed by atoms with Gasteiger partial charge in [0.25, 0.3) is 0 Å². The highest BCUT2D eigenvalue weighted by atomic mass is 16.6. The van der Waals surface area contributed by atoms with Crippen LogP contribution in [0.4, 0.5) is 4.79 Å². The zero-order valence-electron chi connectivity index (χ0n) is 9.62. The lowest BCUT2D eigenvalue weighted by atomic mass is 9.95. The Bertz CT molecular complexity index is 201. The van der Waals surface area contributed by atoms with Crippen molar-refractivity contribution >= 4 is 6.09 Å². The van der Waals surface area contributed by atoms with Crippen LogP contribution in [0.3, 0.4) is 0 Å². The van der Waals surface area contributed by atoms with Crippen LogP contribution in [0.2, 0.25) is 0 Å². The minimum absolute atomic E-state index is 0.0133. The van der Waals surface area contributed by atoms with Crippen LogP contribution >= 0.6 is 0 Å². The van der Waals surface area contributed by atoms with Gasteiger partial charge in [0.1, 0.15) is 0 Å². The number of ether oxygens (including phenoxy) is 1. The zero-order valence-corrected chi connectivity index (χ0v) is 9.62. The second kappa shape index (κ2) is 4.67. The van der Waals surface area contributed by atoms with E-state index in [0.29, 0.717) is 11.8 Å². The average Bonchev–Trinajstić information content (AvgIpc) is 2.50. The number of hydrogen-bond donors (Lipinski definition) is 0. The van der Waals surface area contributed by atoms with Gasteiger partial charge in [0, 0.05) is 13.1 Å². The molecule has 3 nitrogen and oxygen atoms in total. The summed E-state index contributed by atoms with van der Waals surface area (Å²) in [6.45, 7) is 9.91. The SMILES string of the molecule is CC(C)OC(=O)N1CCC(C(C)C)C1. The van der Waals surface area contributed by atoms with Gasteiger partial charge in [-0.3, -0.25) is 0 Å². The maximum atomic E-state index is 11.5. The van der Waals surface area contributed by atoms with Crippen LogP contribution in [-0.2, 0) is 4.74 Å². The standard InChI is InChI=1S/C11H21NO2/c1-8(2)10-5-6-12(7-10)11(13)14-9(3)4/h8-10H,5-7H2,1-4H3. The van der Waals surface area contributed by atoms with E-state index in [2.05, 4.69) is 13.8 Å². The summed E-state index contributed by atoms with van der Waals surface area (Å²) < 4.78 is 5.15. The first-order chi connectivity index (χ1) is 6.50. The molecule has 1 aliphatic heterocycles. The molecule has 1 saturated heterocycles. The molecule has 0 aromatic rings. The molecule has 1 heterocycles. The number of rotatable bonds is 2. The molecule has 82 valence electrons. The van der Waals surface area contributed by atoms with Crippen molar-refractivity contribution in [1.29, 1.82) is 0 Å². The second-order valence-electron chi connectivity index (χ2n) is 4.67. The van der Waals surface area contributed by atoms with E-state index in [1.54, 1.807) is 0 Å². The van der Waals surface area contributed by atoms with Crippen molar-refractivity contribution in [2.24, 2.45) is 11.8 Å². The molecular weight excluding hydrogens is 178 g/mol. The van der Waals surface area contributed by atoms with E-state index in [4.69, 9.17) is 4.74 Å². The average molecular weight is 199 g/mol. The lowest BCUT2D eigenvalue weighted by molar-refractivity contribution is 0.0820. The van der Waals surface area contributed by atoms with Gasteiger partial charge in [0.15, 0.2) is 0 Å². The largest absolute Gasteiger partial charge is 0.447 e. The third kappa shape index (κ3) is 2.89. The Morgan fingerprint density at radius 2 is 2.00 bits per heavy atom. The number of carbonyl (C=O) groups is 1. The molecule has 0 aliphatic carbocycles. The van der Waals surface area contributed by atoms with Gasteiger partial charge < -0.3 is 9.64 Å². The number of carbonyl (C=O) groups excluding carboxylic acids is 1. The van der Waals surface area contributed by atoms with E-state index in [0.717, 1.165) is 19.5 Å². The minimum atomic E-state index is -0.150. The summed E-state index contributed by atoms with van der Waals surface area (Å²) >= 11 is 0. The van der Waals surface area contributed by atoms with E-state index in [1.165, 1.54) is 0 Å². The zero-order chi connectivity index (χ0) is 10.7. The molecule has 1 atom stereocenters. The van der Waals surface area contributed by atoms with E-state index in [9.17, 15) is 4.79 Å². The lowest BCUT2D eigenvalue weighted by Gasteiger charge is -2.19. The molecule has 14 heavy (non-hydrogen) atoms. The topological polar surface area (TPSA) is 29.5 Å². The predicted molar refractivity (Wildman–Crippen MR) is 56.1 cm³/mol. The Morgan fingerprint density at radius 3 is 2.43 bits per heavy atom. The summed E-state index contributed by atoms with van der Waals surface area (Å²) in [7, 11) is 0. The number of hydrogen-bond acceptors (Lipinski definition) is 2.